The molecule has 0 heterocycles. The van der Waals surface area contributed by atoms with Crippen molar-refractivity contribution < 1.29 is 14.5 Å². The van der Waals surface area contributed by atoms with Gasteiger partial charge in [0.15, 0.2) is 0 Å². The zero-order chi connectivity index (χ0) is 11.4. The molecule has 0 fully saturated rings. The van der Waals surface area contributed by atoms with Gasteiger partial charge in [0.1, 0.15) is 0 Å². The van der Waals surface area contributed by atoms with E-state index in [2.05, 4.69) is 20.7 Å². The Morgan fingerprint density at radius 1 is 1.60 bits per heavy atom. The Morgan fingerprint density at radius 3 is 2.80 bits per heavy atom. The van der Waals surface area contributed by atoms with E-state index in [-0.39, 0.29) is 12.1 Å². The number of methoxy groups -OCH3 is 1. The summed E-state index contributed by atoms with van der Waals surface area (Å²) in [6.07, 6.45) is 0.0127. The molecule has 5 nitrogen and oxygen atoms in total. The lowest BCUT2D eigenvalue weighted by Gasteiger charge is -2.03. The number of esters is 1. The molecule has 80 valence electrons. The molecule has 0 aromatic heterocycles. The Balaban J connectivity index is 3.04. The Hall–Kier alpha value is -1.43. The summed E-state index contributed by atoms with van der Waals surface area (Å²) in [6.45, 7) is 0. The SMILES string of the molecule is COC(=O)Cc1cccc([N+](=O)[O-])c1Br. The number of nitro groups is 1. The van der Waals surface area contributed by atoms with E-state index in [9.17, 15) is 14.9 Å². The lowest BCUT2D eigenvalue weighted by Crippen LogP contribution is -2.05. The van der Waals surface area contributed by atoms with Crippen molar-refractivity contribution in [2.45, 2.75) is 6.42 Å². The Kier molecular flexibility index (Phi) is 3.79. The number of benzene rings is 1. The minimum atomic E-state index is -0.509. The molecule has 0 atom stereocenters. The molecule has 1 rings (SSSR count). The smallest absolute Gasteiger partial charge is 0.310 e. The molecule has 0 N–H and O–H groups in total. The maximum Gasteiger partial charge on any atom is 0.310 e. The number of hydrogen-bond donors (Lipinski definition) is 0. The zero-order valence-electron chi connectivity index (χ0n) is 7.90. The van der Waals surface area contributed by atoms with Crippen LogP contribution in [0, 0.1) is 10.1 Å². The molecule has 0 aliphatic heterocycles. The average Bonchev–Trinajstić information content (AvgIpc) is 2.20. The van der Waals surface area contributed by atoms with E-state index in [1.54, 1.807) is 6.07 Å². The van der Waals surface area contributed by atoms with Gasteiger partial charge in [0.05, 0.1) is 22.9 Å². The number of rotatable bonds is 3. The predicted octanol–water partition coefficient (Wildman–Crippen LogP) is 2.07. The van der Waals surface area contributed by atoms with E-state index >= 15 is 0 Å². The van der Waals surface area contributed by atoms with Crippen LogP contribution in [0.5, 0.6) is 0 Å². The van der Waals surface area contributed by atoms with Crippen LogP contribution in [0.2, 0.25) is 0 Å². The van der Waals surface area contributed by atoms with Gasteiger partial charge in [-0.15, -0.1) is 0 Å². The van der Waals surface area contributed by atoms with Gasteiger partial charge in [0, 0.05) is 6.07 Å². The van der Waals surface area contributed by atoms with Gasteiger partial charge >= 0.3 is 5.97 Å². The number of hydrogen-bond acceptors (Lipinski definition) is 4. The minimum Gasteiger partial charge on any atom is -0.469 e. The predicted molar refractivity (Wildman–Crippen MR) is 56.5 cm³/mol. The highest BCUT2D eigenvalue weighted by Gasteiger charge is 2.16. The molecule has 1 aromatic carbocycles. The highest BCUT2D eigenvalue weighted by Crippen LogP contribution is 2.28. The first kappa shape index (κ1) is 11.6. The van der Waals surface area contributed by atoms with Crippen molar-refractivity contribution in [3.8, 4) is 0 Å². The topological polar surface area (TPSA) is 69.4 Å². The van der Waals surface area contributed by atoms with Gasteiger partial charge < -0.3 is 4.74 Å². The minimum absolute atomic E-state index is 0.0127. The van der Waals surface area contributed by atoms with Crippen LogP contribution in [0.3, 0.4) is 0 Å². The first-order valence-corrected chi connectivity index (χ1v) is 4.84. The number of carbonyl (C=O) groups excluding carboxylic acids is 1. The Labute approximate surface area is 94.3 Å². The van der Waals surface area contributed by atoms with E-state index in [4.69, 9.17) is 0 Å². The molecule has 6 heteroatoms. The van der Waals surface area contributed by atoms with Crippen molar-refractivity contribution in [3.63, 3.8) is 0 Å². The van der Waals surface area contributed by atoms with E-state index in [0.29, 0.717) is 10.0 Å². The summed E-state index contributed by atoms with van der Waals surface area (Å²) in [4.78, 5) is 21.1. The summed E-state index contributed by atoms with van der Waals surface area (Å²) >= 11 is 3.09. The zero-order valence-corrected chi connectivity index (χ0v) is 9.48. The fourth-order valence-electron chi connectivity index (χ4n) is 1.07. The molecule has 0 unspecified atom stereocenters. The molecule has 0 aliphatic rings. The van der Waals surface area contributed by atoms with Gasteiger partial charge in [-0.2, -0.15) is 0 Å². The van der Waals surface area contributed by atoms with Crippen molar-refractivity contribution in [1.29, 1.82) is 0 Å². The van der Waals surface area contributed by atoms with Crippen LogP contribution < -0.4 is 0 Å². The highest BCUT2D eigenvalue weighted by atomic mass is 79.9. The van der Waals surface area contributed by atoms with Crippen LogP contribution in [0.25, 0.3) is 0 Å². The lowest BCUT2D eigenvalue weighted by molar-refractivity contribution is -0.385. The second-order valence-corrected chi connectivity index (χ2v) is 3.55. The molecule has 15 heavy (non-hydrogen) atoms. The van der Waals surface area contributed by atoms with E-state index in [0.717, 1.165) is 0 Å². The summed E-state index contributed by atoms with van der Waals surface area (Å²) in [5.74, 6) is -0.434. The van der Waals surface area contributed by atoms with E-state index in [1.165, 1.54) is 19.2 Å². The van der Waals surface area contributed by atoms with E-state index < -0.39 is 10.9 Å². The summed E-state index contributed by atoms with van der Waals surface area (Å²) in [5.41, 5.74) is 0.479. The molecular formula is C9H8BrNO4. The van der Waals surface area contributed by atoms with Gasteiger partial charge in [-0.3, -0.25) is 14.9 Å². The summed E-state index contributed by atoms with van der Waals surface area (Å²) in [7, 11) is 1.27. The van der Waals surface area contributed by atoms with Crippen LogP contribution in [0.4, 0.5) is 5.69 Å². The molecule has 1 aromatic rings. The second kappa shape index (κ2) is 4.88. The quantitative estimate of drug-likeness (QED) is 0.480. The number of ether oxygens (including phenoxy) is 1. The maximum absolute atomic E-state index is 11.0. The normalized spacial score (nSPS) is 9.73. The van der Waals surface area contributed by atoms with Crippen molar-refractivity contribution in [1.82, 2.24) is 0 Å². The van der Waals surface area contributed by atoms with Crippen LogP contribution in [0.1, 0.15) is 5.56 Å². The van der Waals surface area contributed by atoms with Gasteiger partial charge in [-0.1, -0.05) is 12.1 Å². The van der Waals surface area contributed by atoms with Gasteiger partial charge in [0.2, 0.25) is 0 Å². The van der Waals surface area contributed by atoms with Crippen LogP contribution in [0.15, 0.2) is 22.7 Å². The third-order valence-corrected chi connectivity index (χ3v) is 2.73. The number of nitrogens with zero attached hydrogens (tertiary/aromatic N) is 1. The van der Waals surface area contributed by atoms with Crippen LogP contribution in [-0.4, -0.2) is 18.0 Å². The van der Waals surface area contributed by atoms with Crippen LogP contribution >= 0.6 is 15.9 Å². The molecule has 0 spiro atoms. The van der Waals surface area contributed by atoms with Crippen molar-refractivity contribution in [2.75, 3.05) is 7.11 Å². The van der Waals surface area contributed by atoms with E-state index in [1.807, 2.05) is 0 Å². The van der Waals surface area contributed by atoms with Gasteiger partial charge in [0.25, 0.3) is 5.69 Å². The Morgan fingerprint density at radius 2 is 2.27 bits per heavy atom. The molecule has 0 bridgehead atoms. The molecule has 0 saturated carbocycles. The molecular weight excluding hydrogens is 266 g/mol. The second-order valence-electron chi connectivity index (χ2n) is 2.76. The molecule has 0 radical (unpaired) electrons. The fourth-order valence-corrected chi connectivity index (χ4v) is 1.62. The van der Waals surface area contributed by atoms with Crippen molar-refractivity contribution in [2.24, 2.45) is 0 Å². The standard InChI is InChI=1S/C9H8BrNO4/c1-15-8(12)5-6-3-2-4-7(9(6)10)11(13)14/h2-4H,5H2,1H3. The third-order valence-electron chi connectivity index (χ3n) is 1.82. The molecule has 0 saturated heterocycles. The first-order valence-electron chi connectivity index (χ1n) is 4.05. The summed E-state index contributed by atoms with van der Waals surface area (Å²) < 4.78 is 4.80. The lowest BCUT2D eigenvalue weighted by atomic mass is 10.1. The maximum atomic E-state index is 11.0. The number of nitro benzene ring substituents is 1. The monoisotopic (exact) mass is 273 g/mol. The van der Waals surface area contributed by atoms with Crippen molar-refractivity contribution >= 4 is 27.6 Å². The largest absolute Gasteiger partial charge is 0.469 e. The number of carbonyl (C=O) groups is 1. The Bertz CT molecular complexity index is 405. The number of halogens is 1. The fraction of sp³-hybridized carbons (Fsp3) is 0.222. The van der Waals surface area contributed by atoms with Crippen LogP contribution in [-0.2, 0) is 16.0 Å². The molecule has 0 aliphatic carbocycles. The average molecular weight is 274 g/mol. The summed E-state index contributed by atoms with van der Waals surface area (Å²) in [5, 5.41) is 10.6. The van der Waals surface area contributed by atoms with Gasteiger partial charge in [-0.25, -0.2) is 0 Å². The summed E-state index contributed by atoms with van der Waals surface area (Å²) in [6, 6.07) is 4.53. The third kappa shape index (κ3) is 2.76. The highest BCUT2D eigenvalue weighted by molar-refractivity contribution is 9.10. The first-order chi connectivity index (χ1) is 7.06. The van der Waals surface area contributed by atoms with Crippen molar-refractivity contribution in [3.05, 3.63) is 38.3 Å². The van der Waals surface area contributed by atoms with Gasteiger partial charge in [-0.05, 0) is 21.5 Å². The molecule has 0 amide bonds.